The summed E-state index contributed by atoms with van der Waals surface area (Å²) < 4.78 is 5.75. The lowest BCUT2D eigenvalue weighted by atomic mass is 9.80. The second-order valence-electron chi connectivity index (χ2n) is 6.52. The van der Waals surface area contributed by atoms with E-state index in [9.17, 15) is 4.79 Å². The predicted molar refractivity (Wildman–Crippen MR) is 92.7 cm³/mol. The van der Waals surface area contributed by atoms with Crippen LogP contribution in [0.5, 0.6) is 0 Å². The number of rotatable bonds is 4. The van der Waals surface area contributed by atoms with Gasteiger partial charge in [-0.1, -0.05) is 19.3 Å². The zero-order valence-electron chi connectivity index (χ0n) is 13.3. The molecular formula is C17H26ClNO2S. The summed E-state index contributed by atoms with van der Waals surface area (Å²) in [5.41, 5.74) is 0.806. The molecular weight excluding hydrogens is 318 g/mol. The van der Waals surface area contributed by atoms with Gasteiger partial charge in [-0.2, -0.15) is 11.3 Å². The standard InChI is InChI=1S/C17H25NO2S.ClH/c1-14-6-2-5-10-18(14)13-20-16(19)17(8-3-4-9-17)15-7-11-21-12-15;/h7,11-12,14H,2-6,8-10,13H2,1H3;1H. The number of hydrogen-bond donors (Lipinski definition) is 0. The normalized spacial score (nSPS) is 24.7. The molecule has 0 spiro atoms. The van der Waals surface area contributed by atoms with Crippen molar-refractivity contribution in [1.29, 1.82) is 0 Å². The fourth-order valence-electron chi connectivity index (χ4n) is 3.76. The van der Waals surface area contributed by atoms with Gasteiger partial charge < -0.3 is 4.74 Å². The molecule has 1 aliphatic carbocycles. The molecule has 0 bridgehead atoms. The highest BCUT2D eigenvalue weighted by atomic mass is 35.5. The first kappa shape index (κ1) is 17.8. The number of thiophene rings is 1. The first-order valence-electron chi connectivity index (χ1n) is 8.16. The highest BCUT2D eigenvalue weighted by molar-refractivity contribution is 7.08. The van der Waals surface area contributed by atoms with Crippen LogP contribution in [0.15, 0.2) is 16.8 Å². The van der Waals surface area contributed by atoms with Crippen LogP contribution < -0.4 is 0 Å². The van der Waals surface area contributed by atoms with Gasteiger partial charge in [0.1, 0.15) is 6.73 Å². The predicted octanol–water partition coefficient (Wildman–Crippen LogP) is 4.36. The molecule has 22 heavy (non-hydrogen) atoms. The molecule has 3 nitrogen and oxygen atoms in total. The maximum absolute atomic E-state index is 12.8. The summed E-state index contributed by atoms with van der Waals surface area (Å²) in [7, 11) is 0. The molecule has 2 heterocycles. The molecule has 1 atom stereocenters. The number of likely N-dealkylation sites (tertiary alicyclic amines) is 1. The fraction of sp³-hybridized carbons (Fsp3) is 0.706. The van der Waals surface area contributed by atoms with Gasteiger partial charge in [-0.15, -0.1) is 12.4 Å². The first-order chi connectivity index (χ1) is 10.2. The molecule has 124 valence electrons. The van der Waals surface area contributed by atoms with E-state index < -0.39 is 0 Å². The summed E-state index contributed by atoms with van der Waals surface area (Å²) >= 11 is 1.67. The summed E-state index contributed by atoms with van der Waals surface area (Å²) in [5.74, 6) is -0.00354. The Bertz CT molecular complexity index is 471. The summed E-state index contributed by atoms with van der Waals surface area (Å²) in [6.45, 7) is 3.75. The maximum Gasteiger partial charge on any atom is 0.317 e. The third-order valence-corrected chi connectivity index (χ3v) is 5.91. The minimum absolute atomic E-state index is 0. The van der Waals surface area contributed by atoms with Gasteiger partial charge in [0.15, 0.2) is 0 Å². The Labute approximate surface area is 143 Å². The maximum atomic E-state index is 12.8. The van der Waals surface area contributed by atoms with Crippen molar-refractivity contribution in [2.45, 2.75) is 63.3 Å². The third-order valence-electron chi connectivity index (χ3n) is 5.22. The van der Waals surface area contributed by atoms with Crippen LogP contribution >= 0.6 is 23.7 Å². The molecule has 1 saturated heterocycles. The Morgan fingerprint density at radius 1 is 1.36 bits per heavy atom. The third kappa shape index (κ3) is 3.50. The number of esters is 1. The smallest absolute Gasteiger partial charge is 0.317 e. The minimum atomic E-state index is -0.362. The molecule has 1 aliphatic heterocycles. The number of hydrogen-bond acceptors (Lipinski definition) is 4. The number of piperidine rings is 1. The van der Waals surface area contributed by atoms with Crippen LogP contribution in [0, 0.1) is 0 Å². The van der Waals surface area contributed by atoms with Crippen molar-refractivity contribution in [1.82, 2.24) is 4.90 Å². The quantitative estimate of drug-likeness (QED) is 0.761. The Morgan fingerprint density at radius 2 is 2.14 bits per heavy atom. The largest absolute Gasteiger partial charge is 0.449 e. The molecule has 1 unspecified atom stereocenters. The van der Waals surface area contributed by atoms with Crippen LogP contribution in [-0.4, -0.2) is 30.2 Å². The molecule has 1 aromatic heterocycles. The van der Waals surface area contributed by atoms with Crippen molar-refractivity contribution in [2.24, 2.45) is 0 Å². The van der Waals surface area contributed by atoms with Crippen LogP contribution in [0.1, 0.15) is 57.4 Å². The van der Waals surface area contributed by atoms with Crippen molar-refractivity contribution < 1.29 is 9.53 Å². The highest BCUT2D eigenvalue weighted by Crippen LogP contribution is 2.43. The molecule has 0 amide bonds. The number of ether oxygens (including phenoxy) is 1. The van der Waals surface area contributed by atoms with Crippen LogP contribution in [0.25, 0.3) is 0 Å². The van der Waals surface area contributed by atoms with Crippen LogP contribution in [-0.2, 0) is 14.9 Å². The molecule has 0 aromatic carbocycles. The molecule has 2 fully saturated rings. The van der Waals surface area contributed by atoms with Gasteiger partial charge in [0, 0.05) is 12.6 Å². The summed E-state index contributed by atoms with van der Waals surface area (Å²) in [4.78, 5) is 15.1. The second kappa shape index (κ2) is 7.80. The summed E-state index contributed by atoms with van der Waals surface area (Å²) in [6, 6.07) is 2.63. The van der Waals surface area contributed by atoms with E-state index in [2.05, 4.69) is 28.7 Å². The molecule has 1 aromatic rings. The van der Waals surface area contributed by atoms with Crippen molar-refractivity contribution in [3.8, 4) is 0 Å². The molecule has 2 aliphatic rings. The van der Waals surface area contributed by atoms with Crippen molar-refractivity contribution in [3.63, 3.8) is 0 Å². The fourth-order valence-corrected chi connectivity index (χ4v) is 4.51. The van der Waals surface area contributed by atoms with Gasteiger partial charge in [-0.3, -0.25) is 9.69 Å². The molecule has 0 N–H and O–H groups in total. The van der Waals surface area contributed by atoms with Crippen LogP contribution in [0.2, 0.25) is 0 Å². The first-order valence-corrected chi connectivity index (χ1v) is 9.11. The van der Waals surface area contributed by atoms with E-state index in [4.69, 9.17) is 4.74 Å². The Balaban J connectivity index is 0.00000176. The summed E-state index contributed by atoms with van der Waals surface area (Å²) in [5, 5.41) is 4.19. The number of carbonyl (C=O) groups is 1. The van der Waals surface area contributed by atoms with Gasteiger partial charge >= 0.3 is 5.97 Å². The van der Waals surface area contributed by atoms with E-state index in [1.165, 1.54) is 24.8 Å². The van der Waals surface area contributed by atoms with Gasteiger partial charge in [-0.25, -0.2) is 0 Å². The lowest BCUT2D eigenvalue weighted by Crippen LogP contribution is -2.42. The zero-order valence-corrected chi connectivity index (χ0v) is 14.9. The van der Waals surface area contributed by atoms with E-state index in [1.807, 2.05) is 0 Å². The number of nitrogens with zero attached hydrogens (tertiary/aromatic N) is 1. The van der Waals surface area contributed by atoms with Crippen molar-refractivity contribution >= 4 is 29.7 Å². The Morgan fingerprint density at radius 3 is 2.77 bits per heavy atom. The van der Waals surface area contributed by atoms with Crippen molar-refractivity contribution in [2.75, 3.05) is 13.3 Å². The van der Waals surface area contributed by atoms with E-state index in [0.29, 0.717) is 12.8 Å². The lowest BCUT2D eigenvalue weighted by Gasteiger charge is -2.34. The minimum Gasteiger partial charge on any atom is -0.449 e. The average Bonchev–Trinajstić information content (AvgIpc) is 3.17. The van der Waals surface area contributed by atoms with Gasteiger partial charge in [0.2, 0.25) is 0 Å². The lowest BCUT2D eigenvalue weighted by molar-refractivity contribution is -0.157. The Hall–Kier alpha value is -0.580. The molecule has 0 radical (unpaired) electrons. The van der Waals surface area contributed by atoms with E-state index >= 15 is 0 Å². The van der Waals surface area contributed by atoms with Crippen molar-refractivity contribution in [3.05, 3.63) is 22.4 Å². The Kier molecular flexibility index (Phi) is 6.30. The monoisotopic (exact) mass is 343 g/mol. The zero-order chi connectivity index (χ0) is 14.7. The SMILES string of the molecule is CC1CCCCN1COC(=O)C1(c2ccsc2)CCCC1.Cl. The second-order valence-corrected chi connectivity index (χ2v) is 7.30. The van der Waals surface area contributed by atoms with E-state index in [1.54, 1.807) is 11.3 Å². The van der Waals surface area contributed by atoms with Gasteiger partial charge in [-0.05, 0) is 55.0 Å². The topological polar surface area (TPSA) is 29.5 Å². The number of halogens is 1. The van der Waals surface area contributed by atoms with E-state index in [-0.39, 0.29) is 23.8 Å². The van der Waals surface area contributed by atoms with Crippen LogP contribution in [0.3, 0.4) is 0 Å². The molecule has 5 heteroatoms. The molecule has 3 rings (SSSR count). The molecule has 1 saturated carbocycles. The van der Waals surface area contributed by atoms with Gasteiger partial charge in [0.05, 0.1) is 5.41 Å². The highest BCUT2D eigenvalue weighted by Gasteiger charge is 2.44. The average molecular weight is 344 g/mol. The summed E-state index contributed by atoms with van der Waals surface area (Å²) in [6.07, 6.45) is 7.88. The van der Waals surface area contributed by atoms with E-state index in [0.717, 1.165) is 32.2 Å². The number of carbonyl (C=O) groups excluding carboxylic acids is 1. The van der Waals surface area contributed by atoms with Gasteiger partial charge in [0.25, 0.3) is 0 Å². The van der Waals surface area contributed by atoms with Crippen LogP contribution in [0.4, 0.5) is 0 Å².